The maximum Gasteiger partial charge on any atom is 0.180 e. The number of carbonyl (C=O) groups is 3. The highest BCUT2D eigenvalue weighted by atomic mass is 35.5. The fourth-order valence-electron chi connectivity index (χ4n) is 3.38. The zero-order valence-electron chi connectivity index (χ0n) is 14.8. The Kier molecular flexibility index (Phi) is 4.32. The maximum absolute atomic E-state index is 12.9. The lowest BCUT2D eigenvalue weighted by Gasteiger charge is -2.37. The third-order valence-electron chi connectivity index (χ3n) is 4.90. The van der Waals surface area contributed by atoms with Gasteiger partial charge in [0.1, 0.15) is 0 Å². The average Bonchev–Trinajstić information content (AvgIpc) is 2.60. The summed E-state index contributed by atoms with van der Waals surface area (Å²) in [5, 5.41) is 1.09. The lowest BCUT2D eigenvalue weighted by molar-refractivity contribution is -0.151. The molecular formula is C20H17Cl2NO3. The van der Waals surface area contributed by atoms with Crippen LogP contribution in [0.5, 0.6) is 0 Å². The molecule has 0 amide bonds. The zero-order chi connectivity index (χ0) is 19.4. The molecule has 1 fully saturated rings. The molecule has 6 heteroatoms. The number of nitrogens with zero attached hydrogens (tertiary/aromatic N) is 1. The van der Waals surface area contributed by atoms with Crippen LogP contribution in [0.1, 0.15) is 33.3 Å². The minimum Gasteiger partial charge on any atom is -0.297 e. The molecule has 0 N–H and O–H groups in total. The summed E-state index contributed by atoms with van der Waals surface area (Å²) in [6, 6.07) is 6.76. The topological polar surface area (TPSA) is 64.1 Å². The highest BCUT2D eigenvalue weighted by molar-refractivity contribution is 6.57. The van der Waals surface area contributed by atoms with Crippen LogP contribution in [-0.2, 0) is 14.4 Å². The van der Waals surface area contributed by atoms with Crippen molar-refractivity contribution in [1.82, 2.24) is 4.98 Å². The highest BCUT2D eigenvalue weighted by Gasteiger charge is 2.56. The molecule has 0 saturated heterocycles. The highest BCUT2D eigenvalue weighted by Crippen LogP contribution is 2.44. The van der Waals surface area contributed by atoms with Gasteiger partial charge in [0.15, 0.2) is 17.3 Å². The summed E-state index contributed by atoms with van der Waals surface area (Å²) in [5.41, 5.74) is -1.79. The molecule has 3 rings (SSSR count). The van der Waals surface area contributed by atoms with Gasteiger partial charge in [-0.15, -0.1) is 0 Å². The summed E-state index contributed by atoms with van der Waals surface area (Å²) in [4.78, 5) is 42.8. The van der Waals surface area contributed by atoms with Crippen LogP contribution in [0.15, 0.2) is 36.0 Å². The predicted molar refractivity (Wildman–Crippen MR) is 102 cm³/mol. The number of Topliss-reactive ketones (excluding diaryl/α,β-unsaturated/α-hetero) is 3. The zero-order valence-corrected chi connectivity index (χ0v) is 16.3. The smallest absolute Gasteiger partial charge is 0.180 e. The Morgan fingerprint density at radius 1 is 0.962 bits per heavy atom. The molecule has 2 aromatic rings. The first-order chi connectivity index (χ1) is 12.0. The van der Waals surface area contributed by atoms with Gasteiger partial charge in [0.25, 0.3) is 0 Å². The maximum atomic E-state index is 12.9. The van der Waals surface area contributed by atoms with E-state index in [1.807, 2.05) is 0 Å². The Morgan fingerprint density at radius 2 is 1.54 bits per heavy atom. The van der Waals surface area contributed by atoms with Crippen LogP contribution >= 0.6 is 23.2 Å². The van der Waals surface area contributed by atoms with Crippen molar-refractivity contribution in [3.8, 4) is 0 Å². The lowest BCUT2D eigenvalue weighted by atomic mass is 9.60. The summed E-state index contributed by atoms with van der Waals surface area (Å²) in [5.74, 6) is -1.54. The van der Waals surface area contributed by atoms with E-state index in [-0.39, 0.29) is 10.6 Å². The lowest BCUT2D eigenvalue weighted by Crippen LogP contribution is -2.53. The third kappa shape index (κ3) is 2.51. The molecule has 1 aliphatic carbocycles. The minimum atomic E-state index is -1.33. The van der Waals surface area contributed by atoms with Gasteiger partial charge in [-0.1, -0.05) is 35.3 Å². The molecule has 0 aliphatic heterocycles. The van der Waals surface area contributed by atoms with E-state index in [0.29, 0.717) is 21.5 Å². The second kappa shape index (κ2) is 6.00. The van der Waals surface area contributed by atoms with Crippen LogP contribution in [0.4, 0.5) is 0 Å². The van der Waals surface area contributed by atoms with Gasteiger partial charge in [0.05, 0.1) is 32.0 Å². The number of hydrogen-bond donors (Lipinski definition) is 0. The molecule has 1 aromatic heterocycles. The van der Waals surface area contributed by atoms with Gasteiger partial charge in [-0.05, 0) is 39.8 Å². The van der Waals surface area contributed by atoms with Gasteiger partial charge in [-0.25, -0.2) is 0 Å². The Morgan fingerprint density at radius 3 is 2.12 bits per heavy atom. The number of hydrogen-bond acceptors (Lipinski definition) is 4. The Hall–Kier alpha value is -2.04. The number of ketones is 3. The monoisotopic (exact) mass is 389 g/mol. The molecule has 0 radical (unpaired) electrons. The molecule has 0 atom stereocenters. The Bertz CT molecular complexity index is 987. The van der Waals surface area contributed by atoms with Gasteiger partial charge in [-0.3, -0.25) is 19.4 Å². The molecule has 134 valence electrons. The van der Waals surface area contributed by atoms with Crippen molar-refractivity contribution < 1.29 is 14.4 Å². The summed E-state index contributed by atoms with van der Waals surface area (Å²) in [6.07, 6.45) is 1.60. The first kappa shape index (κ1) is 18.7. The molecule has 0 unspecified atom stereocenters. The molecule has 0 bridgehead atoms. The third-order valence-corrected chi connectivity index (χ3v) is 5.60. The van der Waals surface area contributed by atoms with Crippen molar-refractivity contribution in [3.63, 3.8) is 0 Å². The summed E-state index contributed by atoms with van der Waals surface area (Å²) < 4.78 is 0. The van der Waals surface area contributed by atoms with E-state index >= 15 is 0 Å². The molecule has 1 saturated carbocycles. The van der Waals surface area contributed by atoms with Crippen LogP contribution in [0.3, 0.4) is 0 Å². The number of rotatable bonds is 1. The van der Waals surface area contributed by atoms with E-state index in [9.17, 15) is 14.4 Å². The van der Waals surface area contributed by atoms with Crippen molar-refractivity contribution in [2.24, 2.45) is 10.8 Å². The molecule has 0 spiro atoms. The summed E-state index contributed by atoms with van der Waals surface area (Å²) >= 11 is 12.8. The quantitative estimate of drug-likeness (QED) is 0.405. The summed E-state index contributed by atoms with van der Waals surface area (Å²) in [7, 11) is 0. The van der Waals surface area contributed by atoms with E-state index < -0.39 is 28.2 Å². The predicted octanol–water partition coefficient (Wildman–Crippen LogP) is 4.61. The van der Waals surface area contributed by atoms with E-state index in [1.54, 1.807) is 30.5 Å². The number of halogens is 2. The minimum absolute atomic E-state index is 0.0170. The van der Waals surface area contributed by atoms with Gasteiger partial charge in [0.2, 0.25) is 0 Å². The molecule has 1 aromatic carbocycles. The first-order valence-corrected chi connectivity index (χ1v) is 8.84. The largest absolute Gasteiger partial charge is 0.297 e. The normalized spacial score (nSPS) is 19.2. The van der Waals surface area contributed by atoms with Crippen LogP contribution < -0.4 is 0 Å². The number of benzene rings is 1. The van der Waals surface area contributed by atoms with Crippen molar-refractivity contribution in [3.05, 3.63) is 46.6 Å². The fraction of sp³-hybridized carbons (Fsp3) is 0.300. The molecule has 1 heterocycles. The first-order valence-electron chi connectivity index (χ1n) is 8.09. The van der Waals surface area contributed by atoms with Crippen LogP contribution in [-0.4, -0.2) is 22.3 Å². The van der Waals surface area contributed by atoms with Gasteiger partial charge < -0.3 is 0 Å². The Balaban J connectivity index is 2.34. The number of allylic oxidation sites excluding steroid dienone is 1. The van der Waals surface area contributed by atoms with Crippen LogP contribution in [0.2, 0.25) is 5.02 Å². The van der Waals surface area contributed by atoms with Crippen LogP contribution in [0.25, 0.3) is 15.9 Å². The van der Waals surface area contributed by atoms with Crippen molar-refractivity contribution in [2.75, 3.05) is 0 Å². The summed E-state index contributed by atoms with van der Waals surface area (Å²) in [6.45, 7) is 6.10. The second-order valence-electron chi connectivity index (χ2n) is 7.42. The van der Waals surface area contributed by atoms with Gasteiger partial charge in [0, 0.05) is 17.1 Å². The average molecular weight is 390 g/mol. The van der Waals surface area contributed by atoms with E-state index in [0.717, 1.165) is 0 Å². The van der Waals surface area contributed by atoms with E-state index in [2.05, 4.69) is 4.98 Å². The van der Waals surface area contributed by atoms with Gasteiger partial charge >= 0.3 is 0 Å². The van der Waals surface area contributed by atoms with Crippen LogP contribution in [0, 0.1) is 10.8 Å². The van der Waals surface area contributed by atoms with E-state index in [1.165, 1.54) is 27.7 Å². The number of pyridine rings is 1. The fourth-order valence-corrected chi connectivity index (χ4v) is 3.93. The van der Waals surface area contributed by atoms with Gasteiger partial charge in [-0.2, -0.15) is 0 Å². The Labute approximate surface area is 161 Å². The van der Waals surface area contributed by atoms with E-state index in [4.69, 9.17) is 23.2 Å². The number of aromatic nitrogens is 1. The van der Waals surface area contributed by atoms with Crippen molar-refractivity contribution in [1.29, 1.82) is 0 Å². The molecular weight excluding hydrogens is 373 g/mol. The second-order valence-corrected chi connectivity index (χ2v) is 8.21. The van der Waals surface area contributed by atoms with Crippen molar-refractivity contribution in [2.45, 2.75) is 27.7 Å². The molecule has 1 aliphatic rings. The SMILES string of the molecule is CC1(C)C(=O)C(=C(Cl)c2ccc(Cl)c3ncccc23)C(=O)C(C)(C)C1=O. The standard InChI is InChI=1S/C20H17Cl2NO3/c1-19(2)16(24)13(17(25)20(3,4)18(19)26)14(22)10-7-8-12(21)15-11(10)6-5-9-23-15/h5-9H,1-4H3. The number of fused-ring (bicyclic) bond motifs is 1. The molecule has 4 nitrogen and oxygen atoms in total. The van der Waals surface area contributed by atoms with Crippen molar-refractivity contribution >= 4 is 56.5 Å². The number of carbonyl (C=O) groups excluding carboxylic acids is 3. The molecule has 26 heavy (non-hydrogen) atoms.